The van der Waals surface area contributed by atoms with E-state index in [4.69, 9.17) is 10.5 Å². The second-order valence-corrected chi connectivity index (χ2v) is 3.42. The Labute approximate surface area is 98.7 Å². The summed E-state index contributed by atoms with van der Waals surface area (Å²) in [5, 5.41) is 0. The number of nitrogens with two attached hydrogens (primary N) is 1. The van der Waals surface area contributed by atoms with Gasteiger partial charge in [-0.1, -0.05) is 6.92 Å². The Kier molecular flexibility index (Phi) is 4.36. The number of aromatic amines is 1. The van der Waals surface area contributed by atoms with Crippen LogP contribution in [0.3, 0.4) is 0 Å². The molecule has 7 heteroatoms. The van der Waals surface area contributed by atoms with Crippen LogP contribution in [0.4, 0.5) is 5.82 Å². The fraction of sp³-hybridized carbons (Fsp3) is 0.500. The van der Waals surface area contributed by atoms with E-state index in [2.05, 4.69) is 19.9 Å². The molecular formula is C10H17N5O2. The zero-order chi connectivity index (χ0) is 11.5. The van der Waals surface area contributed by atoms with Crippen molar-refractivity contribution >= 4 is 17.0 Å². The minimum Gasteiger partial charge on any atom is -0.412 e. The molecule has 0 aliphatic rings. The highest BCUT2D eigenvalue weighted by molar-refractivity contribution is 5.80. The summed E-state index contributed by atoms with van der Waals surface area (Å²) in [7, 11) is 0. The molecule has 94 valence electrons. The molecule has 0 aliphatic heterocycles. The van der Waals surface area contributed by atoms with Crippen LogP contribution >= 0.6 is 0 Å². The molecule has 1 unspecified atom stereocenters. The van der Waals surface area contributed by atoms with Gasteiger partial charge in [0.15, 0.2) is 17.3 Å². The second-order valence-electron chi connectivity index (χ2n) is 3.42. The van der Waals surface area contributed by atoms with Crippen molar-refractivity contribution in [1.82, 2.24) is 19.9 Å². The van der Waals surface area contributed by atoms with Crippen LogP contribution in [0.15, 0.2) is 6.33 Å². The molecule has 5 N–H and O–H groups in total. The smallest absolute Gasteiger partial charge is 0.183 e. The zero-order valence-electron chi connectivity index (χ0n) is 9.90. The average Bonchev–Trinajstić information content (AvgIpc) is 2.74. The lowest BCUT2D eigenvalue weighted by Crippen LogP contribution is -2.09. The number of nitrogens with one attached hydrogen (secondary N) is 1. The van der Waals surface area contributed by atoms with E-state index in [9.17, 15) is 0 Å². The summed E-state index contributed by atoms with van der Waals surface area (Å²) >= 11 is 0. The monoisotopic (exact) mass is 239 g/mol. The molecular weight excluding hydrogens is 222 g/mol. The summed E-state index contributed by atoms with van der Waals surface area (Å²) in [5.74, 6) is 1.01. The molecule has 0 fully saturated rings. The maximum absolute atomic E-state index is 5.81. The van der Waals surface area contributed by atoms with Crippen LogP contribution in [0.5, 0.6) is 0 Å². The van der Waals surface area contributed by atoms with Crippen LogP contribution in [0, 0.1) is 0 Å². The molecule has 0 bridgehead atoms. The Bertz CT molecular complexity index is 485. The quantitative estimate of drug-likeness (QED) is 0.808. The number of ether oxygens (including phenoxy) is 1. The van der Waals surface area contributed by atoms with Gasteiger partial charge in [0.25, 0.3) is 0 Å². The molecule has 17 heavy (non-hydrogen) atoms. The number of hydrogen-bond donors (Lipinski definition) is 2. The molecule has 0 saturated heterocycles. The fourth-order valence-electron chi connectivity index (χ4n) is 1.59. The number of imidazole rings is 1. The van der Waals surface area contributed by atoms with Gasteiger partial charge in [0.2, 0.25) is 0 Å². The van der Waals surface area contributed by atoms with E-state index in [0.29, 0.717) is 29.4 Å². The Hall–Kier alpha value is -1.73. The summed E-state index contributed by atoms with van der Waals surface area (Å²) in [5.41, 5.74) is 7.07. The summed E-state index contributed by atoms with van der Waals surface area (Å²) in [4.78, 5) is 15.5. The maximum atomic E-state index is 5.81. The summed E-state index contributed by atoms with van der Waals surface area (Å²) in [6, 6.07) is 0. The van der Waals surface area contributed by atoms with Gasteiger partial charge in [-0.15, -0.1) is 0 Å². The van der Waals surface area contributed by atoms with E-state index < -0.39 is 0 Å². The van der Waals surface area contributed by atoms with Gasteiger partial charge in [-0.05, 0) is 13.3 Å². The number of rotatable bonds is 4. The van der Waals surface area contributed by atoms with Gasteiger partial charge >= 0.3 is 0 Å². The highest BCUT2D eigenvalue weighted by Gasteiger charge is 2.15. The largest absolute Gasteiger partial charge is 0.412 e. The fourth-order valence-corrected chi connectivity index (χ4v) is 1.59. The van der Waals surface area contributed by atoms with E-state index in [1.807, 2.05) is 13.8 Å². The highest BCUT2D eigenvalue weighted by Crippen LogP contribution is 2.21. The van der Waals surface area contributed by atoms with Crippen molar-refractivity contribution in [2.24, 2.45) is 0 Å². The zero-order valence-corrected chi connectivity index (χ0v) is 9.90. The first-order chi connectivity index (χ1) is 7.76. The standard InChI is InChI=1S/C10H15N5O.H2O/c1-3-6(16-4-2)9-14-8(11)7-10(15-9)13-5-12-7;/h5-6H,3-4H2,1-2H3,(H3,11,12,13,14,15);1H2. The minimum atomic E-state index is -0.117. The number of nitrogens with zero attached hydrogens (tertiary/aromatic N) is 3. The normalized spacial score (nSPS) is 12.4. The van der Waals surface area contributed by atoms with Crippen LogP contribution in [-0.4, -0.2) is 32.0 Å². The topological polar surface area (TPSA) is 121 Å². The van der Waals surface area contributed by atoms with Crippen molar-refractivity contribution in [1.29, 1.82) is 0 Å². The van der Waals surface area contributed by atoms with Gasteiger partial charge in [0.05, 0.1) is 6.33 Å². The average molecular weight is 239 g/mol. The number of hydrogen-bond acceptors (Lipinski definition) is 5. The van der Waals surface area contributed by atoms with Crippen LogP contribution in [-0.2, 0) is 4.74 Å². The second kappa shape index (κ2) is 5.55. The highest BCUT2D eigenvalue weighted by atomic mass is 16.5. The third-order valence-electron chi connectivity index (χ3n) is 2.36. The van der Waals surface area contributed by atoms with Crippen LogP contribution in [0.1, 0.15) is 32.2 Å². The van der Waals surface area contributed by atoms with Crippen LogP contribution in [0.25, 0.3) is 11.2 Å². The summed E-state index contributed by atoms with van der Waals surface area (Å²) < 4.78 is 5.54. The van der Waals surface area contributed by atoms with Gasteiger partial charge in [-0.3, -0.25) is 0 Å². The van der Waals surface area contributed by atoms with E-state index in [-0.39, 0.29) is 11.6 Å². The van der Waals surface area contributed by atoms with Crippen molar-refractivity contribution in [3.05, 3.63) is 12.2 Å². The van der Waals surface area contributed by atoms with Gasteiger partial charge < -0.3 is 20.9 Å². The van der Waals surface area contributed by atoms with Gasteiger partial charge in [0.1, 0.15) is 11.6 Å². The molecule has 2 aromatic heterocycles. The molecule has 2 rings (SSSR count). The lowest BCUT2D eigenvalue weighted by molar-refractivity contribution is 0.0538. The van der Waals surface area contributed by atoms with Gasteiger partial charge in [-0.2, -0.15) is 0 Å². The lowest BCUT2D eigenvalue weighted by Gasteiger charge is -2.13. The molecule has 0 spiro atoms. The number of fused-ring (bicyclic) bond motifs is 1. The van der Waals surface area contributed by atoms with Crippen LogP contribution < -0.4 is 5.73 Å². The summed E-state index contributed by atoms with van der Waals surface area (Å²) in [6.45, 7) is 4.59. The molecule has 0 radical (unpaired) electrons. The van der Waals surface area contributed by atoms with E-state index in [1.54, 1.807) is 6.33 Å². The number of nitrogen functional groups attached to an aromatic ring is 1. The molecule has 2 heterocycles. The van der Waals surface area contributed by atoms with Crippen molar-refractivity contribution in [3.63, 3.8) is 0 Å². The third-order valence-corrected chi connectivity index (χ3v) is 2.36. The molecule has 0 aliphatic carbocycles. The Morgan fingerprint density at radius 1 is 1.41 bits per heavy atom. The Morgan fingerprint density at radius 3 is 2.82 bits per heavy atom. The maximum Gasteiger partial charge on any atom is 0.183 e. The first kappa shape index (κ1) is 13.3. The molecule has 1 atom stereocenters. The predicted octanol–water partition coefficient (Wildman–Crippen LogP) is 0.598. The Morgan fingerprint density at radius 2 is 2.18 bits per heavy atom. The minimum absolute atomic E-state index is 0. The molecule has 0 aromatic carbocycles. The van der Waals surface area contributed by atoms with Gasteiger partial charge in [-0.25, -0.2) is 15.0 Å². The third kappa shape index (κ3) is 2.51. The lowest BCUT2D eigenvalue weighted by atomic mass is 10.2. The van der Waals surface area contributed by atoms with Crippen molar-refractivity contribution in [2.45, 2.75) is 26.4 Å². The van der Waals surface area contributed by atoms with Crippen LogP contribution in [0.2, 0.25) is 0 Å². The summed E-state index contributed by atoms with van der Waals surface area (Å²) in [6.07, 6.45) is 2.25. The van der Waals surface area contributed by atoms with Crippen molar-refractivity contribution in [2.75, 3.05) is 12.3 Å². The number of anilines is 1. The number of H-pyrrole nitrogens is 1. The van der Waals surface area contributed by atoms with E-state index >= 15 is 0 Å². The SMILES string of the molecule is CCOC(CC)c1nc(N)c2[nH]cnc2n1.O. The first-order valence-electron chi connectivity index (χ1n) is 5.34. The van der Waals surface area contributed by atoms with E-state index in [0.717, 1.165) is 6.42 Å². The predicted molar refractivity (Wildman–Crippen MR) is 64.4 cm³/mol. The van der Waals surface area contributed by atoms with Crippen molar-refractivity contribution < 1.29 is 10.2 Å². The molecule has 7 nitrogen and oxygen atoms in total. The van der Waals surface area contributed by atoms with E-state index in [1.165, 1.54) is 0 Å². The first-order valence-corrected chi connectivity index (χ1v) is 5.34. The van der Waals surface area contributed by atoms with Crippen molar-refractivity contribution in [3.8, 4) is 0 Å². The van der Waals surface area contributed by atoms with Gasteiger partial charge in [0, 0.05) is 6.61 Å². The number of aromatic nitrogens is 4. The molecule has 2 aromatic rings. The Balaban J connectivity index is 0.00000144. The molecule has 0 saturated carbocycles. The molecule has 0 amide bonds.